The van der Waals surface area contributed by atoms with Gasteiger partial charge in [0.2, 0.25) is 0 Å². The van der Waals surface area contributed by atoms with Gasteiger partial charge in [0.25, 0.3) is 11.8 Å². The largest absolute Gasteiger partial charge is 0.459 e. The quantitative estimate of drug-likeness (QED) is 0.228. The van der Waals surface area contributed by atoms with Gasteiger partial charge in [0, 0.05) is 31.9 Å². The number of nitrogens with one attached hydrogen (secondary N) is 2. The maximum atomic E-state index is 13.3. The van der Waals surface area contributed by atoms with Gasteiger partial charge in [-0.2, -0.15) is 0 Å². The summed E-state index contributed by atoms with van der Waals surface area (Å²) in [4.78, 5) is 51.4. The number of benzene rings is 2. The Morgan fingerprint density at radius 3 is 1.97 bits per heavy atom. The van der Waals surface area contributed by atoms with Gasteiger partial charge in [-0.1, -0.05) is 50.9 Å². The molecule has 0 unspecified atom stereocenters. The zero-order valence-corrected chi connectivity index (χ0v) is 21.5. The molecule has 2 amide bonds. The number of amides is 2. The molecule has 1 aliphatic rings. The number of hydrazine groups is 1. The molecule has 1 aliphatic heterocycles. The van der Waals surface area contributed by atoms with Crippen molar-refractivity contribution < 1.29 is 23.9 Å². The van der Waals surface area contributed by atoms with Crippen molar-refractivity contribution in [3.05, 3.63) is 68.6 Å². The number of hydrogen-bond acceptors (Lipinski definition) is 5. The molecule has 9 heteroatoms. The van der Waals surface area contributed by atoms with Crippen LogP contribution < -0.4 is 10.9 Å². The fourth-order valence-corrected chi connectivity index (χ4v) is 4.75. The number of ether oxygens (including phenoxy) is 1. The third-order valence-electron chi connectivity index (χ3n) is 5.81. The first kappa shape index (κ1) is 25.1. The van der Waals surface area contributed by atoms with Crippen LogP contribution in [0.25, 0.3) is 0 Å². The summed E-state index contributed by atoms with van der Waals surface area (Å²) in [5.41, 5.74) is 4.45. The molecule has 2 aromatic carbocycles. The lowest BCUT2D eigenvalue weighted by atomic mass is 9.70. The monoisotopic (exact) mass is 578 g/mol. The Labute approximate surface area is 208 Å². The van der Waals surface area contributed by atoms with Gasteiger partial charge >= 0.3 is 5.97 Å². The third-order valence-corrected chi connectivity index (χ3v) is 6.86. The molecule has 7 nitrogen and oxygen atoms in total. The van der Waals surface area contributed by atoms with Crippen molar-refractivity contribution in [2.45, 2.75) is 32.8 Å². The van der Waals surface area contributed by atoms with E-state index in [9.17, 15) is 19.2 Å². The molecular weight excluding hydrogens is 556 g/mol. The number of carbonyl (C=O) groups is 4. The number of carbonyl (C=O) groups excluding carboxylic acids is 4. The molecule has 0 saturated carbocycles. The van der Waals surface area contributed by atoms with Crippen molar-refractivity contribution in [1.29, 1.82) is 0 Å². The number of Topliss-reactive ketones (excluding diaryl/α,β-unsaturated/α-hetero) is 1. The minimum Gasteiger partial charge on any atom is -0.459 e. The Morgan fingerprint density at radius 2 is 1.45 bits per heavy atom. The Hall–Kier alpha value is -2.52. The summed E-state index contributed by atoms with van der Waals surface area (Å²) in [5.74, 6) is -4.73. The number of halogens is 2. The van der Waals surface area contributed by atoms with Gasteiger partial charge in [-0.15, -0.1) is 0 Å². The maximum absolute atomic E-state index is 13.3. The fraction of sp³-hybridized carbons (Fsp3) is 0.333. The molecule has 0 bridgehead atoms. The number of esters is 1. The summed E-state index contributed by atoms with van der Waals surface area (Å²) >= 11 is 6.65. The van der Waals surface area contributed by atoms with Crippen molar-refractivity contribution in [3.8, 4) is 0 Å². The maximum Gasteiger partial charge on any atom is 0.319 e. The molecule has 0 aromatic heterocycles. The minimum atomic E-state index is -1.24. The number of ketones is 1. The van der Waals surface area contributed by atoms with E-state index in [0.29, 0.717) is 17.5 Å². The highest BCUT2D eigenvalue weighted by molar-refractivity contribution is 9.10. The Kier molecular flexibility index (Phi) is 7.74. The predicted molar refractivity (Wildman–Crippen MR) is 129 cm³/mol. The highest BCUT2D eigenvalue weighted by atomic mass is 79.9. The van der Waals surface area contributed by atoms with Gasteiger partial charge in [-0.25, -0.2) is 0 Å². The predicted octanol–water partition coefficient (Wildman–Crippen LogP) is 4.45. The topological polar surface area (TPSA) is 102 Å². The number of hydrogen-bond donors (Lipinski definition) is 2. The molecule has 2 aromatic rings. The SMILES string of the molecule is CC[C@@H](C(=O)c1ccc(Br)cc1)[C@@H]1[C@H](C(=O)NNC(=O)c2ccc(Br)cc2)C(=O)OC1(C)C. The van der Waals surface area contributed by atoms with Crippen molar-refractivity contribution >= 4 is 55.4 Å². The second-order valence-electron chi connectivity index (χ2n) is 8.36. The second-order valence-corrected chi connectivity index (χ2v) is 10.2. The normalized spacial score (nSPS) is 20.0. The van der Waals surface area contributed by atoms with Gasteiger partial charge in [0.05, 0.1) is 0 Å². The highest BCUT2D eigenvalue weighted by Gasteiger charge is 2.57. The van der Waals surface area contributed by atoms with E-state index >= 15 is 0 Å². The zero-order chi connectivity index (χ0) is 24.3. The van der Waals surface area contributed by atoms with Crippen molar-refractivity contribution in [3.63, 3.8) is 0 Å². The summed E-state index contributed by atoms with van der Waals surface area (Å²) in [6.45, 7) is 5.23. The van der Waals surface area contributed by atoms with Gasteiger partial charge < -0.3 is 4.74 Å². The van der Waals surface area contributed by atoms with Crippen LogP contribution in [0.4, 0.5) is 0 Å². The Balaban J connectivity index is 1.81. The highest BCUT2D eigenvalue weighted by Crippen LogP contribution is 2.44. The number of cyclic esters (lactones) is 1. The van der Waals surface area contributed by atoms with Crippen LogP contribution in [0.1, 0.15) is 47.9 Å². The minimum absolute atomic E-state index is 0.168. The Morgan fingerprint density at radius 1 is 0.939 bits per heavy atom. The van der Waals surface area contributed by atoms with Crippen LogP contribution in [0.15, 0.2) is 57.5 Å². The van der Waals surface area contributed by atoms with Gasteiger partial charge in [-0.05, 0) is 56.7 Å². The molecule has 0 radical (unpaired) electrons. The molecule has 3 atom stereocenters. The number of rotatable bonds is 6. The molecule has 0 spiro atoms. The van der Waals surface area contributed by atoms with Crippen LogP contribution in [0.2, 0.25) is 0 Å². The summed E-state index contributed by atoms with van der Waals surface area (Å²) < 4.78 is 7.16. The molecule has 1 fully saturated rings. The van der Waals surface area contributed by atoms with Gasteiger partial charge in [0.15, 0.2) is 5.78 Å². The molecule has 33 heavy (non-hydrogen) atoms. The van der Waals surface area contributed by atoms with Gasteiger partial charge in [-0.3, -0.25) is 30.0 Å². The van der Waals surface area contributed by atoms with E-state index in [2.05, 4.69) is 42.7 Å². The second kappa shape index (κ2) is 10.2. The lowest BCUT2D eigenvalue weighted by molar-refractivity contribution is -0.150. The fourth-order valence-electron chi connectivity index (χ4n) is 4.23. The molecule has 174 valence electrons. The van der Waals surface area contributed by atoms with Crippen LogP contribution in [-0.2, 0) is 14.3 Å². The van der Waals surface area contributed by atoms with E-state index in [1.165, 1.54) is 0 Å². The van der Waals surface area contributed by atoms with Crippen molar-refractivity contribution in [2.24, 2.45) is 17.8 Å². The van der Waals surface area contributed by atoms with Crippen molar-refractivity contribution in [2.75, 3.05) is 0 Å². The average Bonchev–Trinajstić information content (AvgIpc) is 3.01. The molecule has 1 saturated heterocycles. The first-order chi connectivity index (χ1) is 15.5. The summed E-state index contributed by atoms with van der Waals surface area (Å²) in [5, 5.41) is 0. The Bertz CT molecular complexity index is 1070. The van der Waals surface area contributed by atoms with E-state index in [0.717, 1.165) is 8.95 Å². The van der Waals surface area contributed by atoms with E-state index in [1.54, 1.807) is 62.4 Å². The molecule has 2 N–H and O–H groups in total. The first-order valence-corrected chi connectivity index (χ1v) is 12.0. The van der Waals surface area contributed by atoms with E-state index in [4.69, 9.17) is 4.74 Å². The van der Waals surface area contributed by atoms with Gasteiger partial charge in [0.1, 0.15) is 11.5 Å². The zero-order valence-electron chi connectivity index (χ0n) is 18.4. The average molecular weight is 580 g/mol. The smallest absolute Gasteiger partial charge is 0.319 e. The summed E-state index contributed by atoms with van der Waals surface area (Å²) in [7, 11) is 0. The van der Waals surface area contributed by atoms with E-state index < -0.39 is 41.1 Å². The van der Waals surface area contributed by atoms with E-state index in [1.807, 2.05) is 6.92 Å². The lowest BCUT2D eigenvalue weighted by Gasteiger charge is -2.32. The van der Waals surface area contributed by atoms with Crippen LogP contribution in [-0.4, -0.2) is 29.2 Å². The molecule has 3 rings (SSSR count). The molecular formula is C24H24Br2N2O5. The standard InChI is InChI=1S/C24H24Br2N2O5/c1-4-17(20(29)13-5-9-15(25)10-6-13)19-18(23(32)33-24(19,2)3)22(31)28-27-21(30)14-7-11-16(26)12-8-14/h5-12,17-19H,4H2,1-3H3,(H,27,30)(H,28,31)/t17-,18-,19-/m1/s1. The third kappa shape index (κ3) is 5.52. The molecule has 1 heterocycles. The van der Waals surface area contributed by atoms with Crippen LogP contribution >= 0.6 is 31.9 Å². The lowest BCUT2D eigenvalue weighted by Crippen LogP contribution is -2.49. The van der Waals surface area contributed by atoms with E-state index in [-0.39, 0.29) is 5.78 Å². The van der Waals surface area contributed by atoms with Crippen LogP contribution in [0, 0.1) is 17.8 Å². The summed E-state index contributed by atoms with van der Waals surface area (Å²) in [6.07, 6.45) is 0.411. The van der Waals surface area contributed by atoms with Crippen molar-refractivity contribution in [1.82, 2.24) is 10.9 Å². The molecule has 0 aliphatic carbocycles. The van der Waals surface area contributed by atoms with Crippen LogP contribution in [0.3, 0.4) is 0 Å². The first-order valence-electron chi connectivity index (χ1n) is 10.4. The van der Waals surface area contributed by atoms with Crippen LogP contribution in [0.5, 0.6) is 0 Å². The summed E-state index contributed by atoms with van der Waals surface area (Å²) in [6, 6.07) is 13.5.